The molecule has 0 heterocycles. The lowest BCUT2D eigenvalue weighted by Crippen LogP contribution is -3.00. The summed E-state index contributed by atoms with van der Waals surface area (Å²) in [6, 6.07) is 1.60. The topological polar surface area (TPSA) is 44.3 Å². The first kappa shape index (κ1) is 34.5. The average Bonchev–Trinajstić information content (AvgIpc) is 2.78. The summed E-state index contributed by atoms with van der Waals surface area (Å²) >= 11 is 0. The van der Waals surface area contributed by atoms with Crippen LogP contribution in [0.1, 0.15) is 124 Å². The first-order valence-electron chi connectivity index (χ1n) is 13.5. The summed E-state index contributed by atoms with van der Waals surface area (Å²) in [7, 11) is 2.71. The van der Waals surface area contributed by atoms with Gasteiger partial charge in [-0.3, -0.25) is 0 Å². The second-order valence-electron chi connectivity index (χ2n) is 9.76. The molecule has 0 spiro atoms. The SMILES string of the molecule is CCCCCCCCCCCCCC(C)CCCC(C)[NH2+]CCC[Si](OC)(OC)OC.[Cl-]. The van der Waals surface area contributed by atoms with Gasteiger partial charge in [-0.15, -0.1) is 0 Å². The van der Waals surface area contributed by atoms with E-state index in [0.29, 0.717) is 6.04 Å². The standard InChI is InChI=1S/C26H57NO3Si.ClH/c1-7-8-9-10-11-12-13-14-15-16-17-20-25(2)21-18-22-26(3)27-23-19-24-31(28-4,29-5)30-6;/h25-27H,7-24H2,1-6H3;1H. The van der Waals surface area contributed by atoms with Crippen molar-refractivity contribution >= 4 is 8.80 Å². The maximum Gasteiger partial charge on any atom is 0.500 e. The normalized spacial score (nSPS) is 13.7. The highest BCUT2D eigenvalue weighted by Gasteiger charge is 2.37. The predicted molar refractivity (Wildman–Crippen MR) is 137 cm³/mol. The molecule has 0 aromatic rings. The van der Waals surface area contributed by atoms with Crippen molar-refractivity contribution < 1.29 is 31.0 Å². The van der Waals surface area contributed by atoms with Gasteiger partial charge in [0.1, 0.15) is 0 Å². The van der Waals surface area contributed by atoms with Gasteiger partial charge in [0.25, 0.3) is 0 Å². The van der Waals surface area contributed by atoms with Gasteiger partial charge in [-0.2, -0.15) is 0 Å². The van der Waals surface area contributed by atoms with Crippen LogP contribution in [0.2, 0.25) is 6.04 Å². The Balaban J connectivity index is 0. The summed E-state index contributed by atoms with van der Waals surface area (Å²) in [6.45, 7) is 8.24. The fourth-order valence-corrected chi connectivity index (χ4v) is 6.23. The Kier molecular flexibility index (Phi) is 26.4. The minimum Gasteiger partial charge on any atom is -1.00 e. The van der Waals surface area contributed by atoms with Crippen molar-refractivity contribution in [2.24, 2.45) is 5.92 Å². The van der Waals surface area contributed by atoms with Crippen molar-refractivity contribution in [2.45, 2.75) is 136 Å². The molecule has 0 bridgehead atoms. The van der Waals surface area contributed by atoms with E-state index in [1.54, 1.807) is 21.3 Å². The Morgan fingerprint density at radius 1 is 0.625 bits per heavy atom. The Labute approximate surface area is 209 Å². The third kappa shape index (κ3) is 19.8. The van der Waals surface area contributed by atoms with Crippen LogP contribution in [0.25, 0.3) is 0 Å². The lowest BCUT2D eigenvalue weighted by atomic mass is 9.95. The summed E-state index contributed by atoms with van der Waals surface area (Å²) < 4.78 is 16.5. The van der Waals surface area contributed by atoms with E-state index >= 15 is 0 Å². The number of halogens is 1. The monoisotopic (exact) mass is 495 g/mol. The van der Waals surface area contributed by atoms with E-state index in [4.69, 9.17) is 13.3 Å². The smallest absolute Gasteiger partial charge is 0.500 e. The lowest BCUT2D eigenvalue weighted by molar-refractivity contribution is -0.686. The fourth-order valence-electron chi connectivity index (χ4n) is 4.48. The van der Waals surface area contributed by atoms with E-state index in [9.17, 15) is 0 Å². The third-order valence-electron chi connectivity index (χ3n) is 6.85. The highest BCUT2D eigenvalue weighted by atomic mass is 35.5. The summed E-state index contributed by atoms with van der Waals surface area (Å²) in [5.74, 6) is 0.891. The number of hydrogen-bond acceptors (Lipinski definition) is 3. The molecule has 2 N–H and O–H groups in total. The molecule has 0 saturated heterocycles. The molecule has 0 saturated carbocycles. The van der Waals surface area contributed by atoms with Crippen molar-refractivity contribution in [3.05, 3.63) is 0 Å². The molecule has 0 amide bonds. The van der Waals surface area contributed by atoms with Crippen LogP contribution in [-0.4, -0.2) is 42.7 Å². The minimum absolute atomic E-state index is 0. The quantitative estimate of drug-likeness (QED) is 0.164. The number of unbranched alkanes of at least 4 members (excludes halogenated alkanes) is 10. The maximum absolute atomic E-state index is 5.50. The van der Waals surface area contributed by atoms with Crippen LogP contribution >= 0.6 is 0 Å². The molecular weight excluding hydrogens is 438 g/mol. The minimum atomic E-state index is -2.38. The summed E-state index contributed by atoms with van der Waals surface area (Å²) in [6.07, 6.45) is 22.4. The molecule has 0 rings (SSSR count). The molecular formula is C26H58ClNO3Si. The number of quaternary nitrogens is 1. The Morgan fingerprint density at radius 2 is 1.09 bits per heavy atom. The van der Waals surface area contributed by atoms with Crippen LogP contribution in [0.15, 0.2) is 0 Å². The van der Waals surface area contributed by atoms with Crippen LogP contribution in [0.3, 0.4) is 0 Å². The van der Waals surface area contributed by atoms with Gasteiger partial charge in [0, 0.05) is 33.8 Å². The first-order valence-corrected chi connectivity index (χ1v) is 15.5. The van der Waals surface area contributed by atoms with Gasteiger partial charge in [-0.05, 0) is 25.7 Å². The predicted octanol–water partition coefficient (Wildman–Crippen LogP) is 3.72. The second kappa shape index (κ2) is 24.5. The largest absolute Gasteiger partial charge is 1.00 e. The van der Waals surface area contributed by atoms with Gasteiger partial charge in [0.05, 0.1) is 12.6 Å². The van der Waals surface area contributed by atoms with Crippen LogP contribution < -0.4 is 17.7 Å². The van der Waals surface area contributed by atoms with E-state index in [1.807, 2.05) is 0 Å². The van der Waals surface area contributed by atoms with E-state index in [2.05, 4.69) is 26.1 Å². The molecule has 0 aromatic carbocycles. The van der Waals surface area contributed by atoms with E-state index < -0.39 is 8.80 Å². The number of hydrogen-bond donors (Lipinski definition) is 1. The molecule has 4 nitrogen and oxygen atoms in total. The van der Waals surface area contributed by atoms with Crippen molar-refractivity contribution in [3.63, 3.8) is 0 Å². The van der Waals surface area contributed by atoms with Gasteiger partial charge in [-0.1, -0.05) is 97.3 Å². The molecule has 6 heteroatoms. The van der Waals surface area contributed by atoms with Crippen LogP contribution in [0.5, 0.6) is 0 Å². The van der Waals surface area contributed by atoms with Gasteiger partial charge in [0.2, 0.25) is 0 Å². The summed E-state index contributed by atoms with van der Waals surface area (Å²) in [5, 5.41) is 2.48. The van der Waals surface area contributed by atoms with Crippen LogP contribution in [0, 0.1) is 5.92 Å². The molecule has 2 atom stereocenters. The molecule has 0 aliphatic heterocycles. The second-order valence-corrected chi connectivity index (χ2v) is 12.9. The third-order valence-corrected chi connectivity index (χ3v) is 9.68. The van der Waals surface area contributed by atoms with Gasteiger partial charge in [-0.25, -0.2) is 0 Å². The molecule has 0 aliphatic carbocycles. The maximum atomic E-state index is 5.50. The molecule has 196 valence electrons. The molecule has 2 unspecified atom stereocenters. The van der Waals surface area contributed by atoms with Crippen molar-refractivity contribution in [1.82, 2.24) is 0 Å². The van der Waals surface area contributed by atoms with E-state index in [0.717, 1.165) is 24.9 Å². The zero-order valence-corrected chi connectivity index (χ0v) is 24.3. The van der Waals surface area contributed by atoms with Gasteiger partial charge < -0.3 is 31.0 Å². The molecule has 32 heavy (non-hydrogen) atoms. The van der Waals surface area contributed by atoms with Crippen LogP contribution in [-0.2, 0) is 13.3 Å². The molecule has 0 radical (unpaired) electrons. The van der Waals surface area contributed by atoms with E-state index in [-0.39, 0.29) is 12.4 Å². The number of nitrogens with two attached hydrogens (primary N) is 1. The average molecular weight is 496 g/mol. The van der Waals surface area contributed by atoms with Crippen molar-refractivity contribution in [1.29, 1.82) is 0 Å². The van der Waals surface area contributed by atoms with Gasteiger partial charge >= 0.3 is 8.80 Å². The lowest BCUT2D eigenvalue weighted by Gasteiger charge is -2.24. The Morgan fingerprint density at radius 3 is 1.59 bits per heavy atom. The number of rotatable bonds is 24. The fraction of sp³-hybridized carbons (Fsp3) is 1.00. The highest BCUT2D eigenvalue weighted by Crippen LogP contribution is 2.18. The zero-order valence-electron chi connectivity index (χ0n) is 22.6. The van der Waals surface area contributed by atoms with Crippen molar-refractivity contribution in [3.8, 4) is 0 Å². The zero-order chi connectivity index (χ0) is 23.2. The Hall–Kier alpha value is 0.347. The van der Waals surface area contributed by atoms with Crippen molar-refractivity contribution in [2.75, 3.05) is 27.9 Å². The molecule has 0 aliphatic rings. The van der Waals surface area contributed by atoms with Gasteiger partial charge in [0.15, 0.2) is 0 Å². The van der Waals surface area contributed by atoms with E-state index in [1.165, 1.54) is 96.3 Å². The summed E-state index contributed by atoms with van der Waals surface area (Å²) in [5.41, 5.74) is 0. The first-order chi connectivity index (χ1) is 15.0. The Bertz CT molecular complexity index is 365. The van der Waals surface area contributed by atoms with Crippen LogP contribution in [0.4, 0.5) is 0 Å². The highest BCUT2D eigenvalue weighted by molar-refractivity contribution is 6.60. The molecule has 0 aromatic heterocycles. The molecule has 0 fully saturated rings. The summed E-state index contributed by atoms with van der Waals surface area (Å²) in [4.78, 5) is 0.